The molecule has 86 valence electrons. The topological polar surface area (TPSA) is 53.1 Å². The van der Waals surface area contributed by atoms with Crippen molar-refractivity contribution in [2.75, 3.05) is 5.33 Å². The summed E-state index contributed by atoms with van der Waals surface area (Å²) < 4.78 is 0. The number of hydrogen-bond acceptors (Lipinski definition) is 1. The first-order valence-corrected chi connectivity index (χ1v) is 6.24. The highest BCUT2D eigenvalue weighted by Gasteiger charge is 2.06. The largest absolute Gasteiger partial charge is 0.477 e. The molecule has 0 fully saturated rings. The number of benzene rings is 1. The fraction of sp³-hybridized carbons (Fsp3) is 0.154. The van der Waals surface area contributed by atoms with Crippen LogP contribution in [-0.4, -0.2) is 21.4 Å². The van der Waals surface area contributed by atoms with Gasteiger partial charge in [0, 0.05) is 28.2 Å². The van der Waals surface area contributed by atoms with Crippen LogP contribution >= 0.6 is 15.9 Å². The zero-order chi connectivity index (χ0) is 12.3. The molecule has 1 aromatic carbocycles. The van der Waals surface area contributed by atoms with Gasteiger partial charge in [0.1, 0.15) is 5.69 Å². The fourth-order valence-electron chi connectivity index (χ4n) is 1.53. The van der Waals surface area contributed by atoms with Crippen LogP contribution < -0.4 is 0 Å². The van der Waals surface area contributed by atoms with Crippen LogP contribution in [0.2, 0.25) is 0 Å². The van der Waals surface area contributed by atoms with Crippen LogP contribution in [0.15, 0.2) is 24.3 Å². The number of carboxylic acid groups (broad SMARTS) is 1. The van der Waals surface area contributed by atoms with Crippen LogP contribution in [0.3, 0.4) is 0 Å². The second-order valence-corrected chi connectivity index (χ2v) is 4.32. The second-order valence-electron chi connectivity index (χ2n) is 3.53. The van der Waals surface area contributed by atoms with Crippen molar-refractivity contribution >= 4 is 32.8 Å². The van der Waals surface area contributed by atoms with Crippen LogP contribution in [0, 0.1) is 11.8 Å². The molecule has 1 heterocycles. The van der Waals surface area contributed by atoms with Gasteiger partial charge in [-0.3, -0.25) is 0 Å². The number of carboxylic acids is 1. The molecule has 0 unspecified atom stereocenters. The van der Waals surface area contributed by atoms with Crippen molar-refractivity contribution in [3.05, 3.63) is 35.5 Å². The van der Waals surface area contributed by atoms with Crippen LogP contribution in [0.1, 0.15) is 22.5 Å². The summed E-state index contributed by atoms with van der Waals surface area (Å²) in [6.45, 7) is 0. The highest BCUT2D eigenvalue weighted by molar-refractivity contribution is 9.09. The van der Waals surface area contributed by atoms with Crippen molar-refractivity contribution in [2.45, 2.75) is 6.42 Å². The van der Waals surface area contributed by atoms with Crippen molar-refractivity contribution in [1.82, 2.24) is 4.98 Å². The van der Waals surface area contributed by atoms with Gasteiger partial charge in [-0.1, -0.05) is 33.8 Å². The summed E-state index contributed by atoms with van der Waals surface area (Å²) in [7, 11) is 0. The van der Waals surface area contributed by atoms with Gasteiger partial charge >= 0.3 is 5.97 Å². The number of hydrogen-bond donors (Lipinski definition) is 2. The van der Waals surface area contributed by atoms with E-state index in [1.165, 1.54) is 0 Å². The summed E-state index contributed by atoms with van der Waals surface area (Å²) >= 11 is 3.31. The van der Waals surface area contributed by atoms with Crippen molar-refractivity contribution < 1.29 is 9.90 Å². The third-order valence-electron chi connectivity index (χ3n) is 2.31. The summed E-state index contributed by atoms with van der Waals surface area (Å²) in [4.78, 5) is 13.7. The van der Waals surface area contributed by atoms with Crippen LogP contribution in [-0.2, 0) is 0 Å². The van der Waals surface area contributed by atoms with Gasteiger partial charge in [-0.15, -0.1) is 0 Å². The van der Waals surface area contributed by atoms with Crippen molar-refractivity contribution in [2.24, 2.45) is 0 Å². The quantitative estimate of drug-likeness (QED) is 0.660. The molecule has 0 amide bonds. The molecule has 0 aliphatic heterocycles. The van der Waals surface area contributed by atoms with E-state index in [2.05, 4.69) is 32.8 Å². The number of alkyl halides is 1. The van der Waals surface area contributed by atoms with E-state index >= 15 is 0 Å². The van der Waals surface area contributed by atoms with E-state index in [1.54, 1.807) is 6.07 Å². The van der Waals surface area contributed by atoms with Gasteiger partial charge in [0.25, 0.3) is 0 Å². The number of aromatic nitrogens is 1. The highest BCUT2D eigenvalue weighted by atomic mass is 79.9. The number of rotatable bonds is 2. The van der Waals surface area contributed by atoms with Gasteiger partial charge in [-0.2, -0.15) is 0 Å². The third-order valence-corrected chi connectivity index (χ3v) is 2.70. The van der Waals surface area contributed by atoms with E-state index in [0.29, 0.717) is 0 Å². The maximum Gasteiger partial charge on any atom is 0.352 e. The molecular formula is C13H10BrNO2. The second kappa shape index (κ2) is 5.07. The summed E-state index contributed by atoms with van der Waals surface area (Å²) in [5.41, 5.74) is 1.89. The minimum Gasteiger partial charge on any atom is -0.477 e. The molecule has 0 aliphatic carbocycles. The molecule has 0 radical (unpaired) electrons. The Hall–Kier alpha value is -1.73. The number of halogens is 1. The molecular weight excluding hydrogens is 282 g/mol. The zero-order valence-electron chi connectivity index (χ0n) is 8.96. The average Bonchev–Trinajstić information content (AvgIpc) is 2.72. The zero-order valence-corrected chi connectivity index (χ0v) is 10.5. The Morgan fingerprint density at radius 3 is 2.94 bits per heavy atom. The molecule has 0 saturated heterocycles. The molecule has 4 heteroatoms. The van der Waals surface area contributed by atoms with Crippen LogP contribution in [0.25, 0.3) is 10.9 Å². The molecule has 17 heavy (non-hydrogen) atoms. The summed E-state index contributed by atoms with van der Waals surface area (Å²) in [6.07, 6.45) is 0.795. The number of aromatic carboxylic acids is 1. The van der Waals surface area contributed by atoms with Crippen molar-refractivity contribution in [3.63, 3.8) is 0 Å². The first kappa shape index (κ1) is 11.7. The molecule has 2 N–H and O–H groups in total. The Bertz CT molecular complexity index is 619. The van der Waals surface area contributed by atoms with E-state index in [-0.39, 0.29) is 5.69 Å². The Morgan fingerprint density at radius 1 is 1.41 bits per heavy atom. The standard InChI is InChI=1S/C13H10BrNO2/c14-6-2-1-3-9-4-5-10-8-12(13(16)17)15-11(10)7-9/h4-5,7-8,15H,2,6H2,(H,16,17). The Balaban J connectivity index is 2.37. The predicted octanol–water partition coefficient (Wildman–Crippen LogP) is 3.00. The van der Waals surface area contributed by atoms with Gasteiger partial charge in [0.15, 0.2) is 0 Å². The minimum absolute atomic E-state index is 0.200. The van der Waals surface area contributed by atoms with Gasteiger partial charge in [0.2, 0.25) is 0 Å². The molecule has 1 aromatic heterocycles. The van der Waals surface area contributed by atoms with E-state index in [4.69, 9.17) is 5.11 Å². The maximum atomic E-state index is 10.8. The van der Waals surface area contributed by atoms with Crippen LogP contribution in [0.4, 0.5) is 0 Å². The van der Waals surface area contributed by atoms with E-state index in [0.717, 1.165) is 28.2 Å². The Morgan fingerprint density at radius 2 is 2.24 bits per heavy atom. The summed E-state index contributed by atoms with van der Waals surface area (Å²) in [5, 5.41) is 10.6. The van der Waals surface area contributed by atoms with Gasteiger partial charge in [0.05, 0.1) is 0 Å². The number of aromatic amines is 1. The molecule has 0 atom stereocenters. The molecule has 0 spiro atoms. The van der Waals surface area contributed by atoms with Gasteiger partial charge in [-0.05, 0) is 18.2 Å². The number of H-pyrrole nitrogens is 1. The minimum atomic E-state index is -0.951. The third kappa shape index (κ3) is 2.69. The Kier molecular flexibility index (Phi) is 3.50. The van der Waals surface area contributed by atoms with Gasteiger partial charge < -0.3 is 10.1 Å². The maximum absolute atomic E-state index is 10.8. The molecule has 0 saturated carbocycles. The smallest absolute Gasteiger partial charge is 0.352 e. The van der Waals surface area contributed by atoms with Gasteiger partial charge in [-0.25, -0.2) is 4.79 Å². The summed E-state index contributed by atoms with van der Waals surface area (Å²) in [6, 6.07) is 7.25. The lowest BCUT2D eigenvalue weighted by Crippen LogP contribution is -1.94. The van der Waals surface area contributed by atoms with E-state index in [1.807, 2.05) is 18.2 Å². The first-order chi connectivity index (χ1) is 8.20. The number of fused-ring (bicyclic) bond motifs is 1. The predicted molar refractivity (Wildman–Crippen MR) is 70.5 cm³/mol. The van der Waals surface area contributed by atoms with E-state index < -0.39 is 5.97 Å². The fourth-order valence-corrected chi connectivity index (χ4v) is 1.73. The van der Waals surface area contributed by atoms with Crippen LogP contribution in [0.5, 0.6) is 0 Å². The lowest BCUT2D eigenvalue weighted by atomic mass is 10.1. The molecule has 0 aliphatic rings. The molecule has 2 rings (SSSR count). The van der Waals surface area contributed by atoms with E-state index in [9.17, 15) is 4.79 Å². The lowest BCUT2D eigenvalue weighted by Gasteiger charge is -1.91. The monoisotopic (exact) mass is 291 g/mol. The first-order valence-electron chi connectivity index (χ1n) is 5.11. The van der Waals surface area contributed by atoms with Crippen molar-refractivity contribution in [3.8, 4) is 11.8 Å². The highest BCUT2D eigenvalue weighted by Crippen LogP contribution is 2.16. The normalized spacial score (nSPS) is 9.94. The average molecular weight is 292 g/mol. The molecule has 3 nitrogen and oxygen atoms in total. The molecule has 2 aromatic rings. The Labute approximate surface area is 107 Å². The van der Waals surface area contributed by atoms with Crippen molar-refractivity contribution in [1.29, 1.82) is 0 Å². The summed E-state index contributed by atoms with van der Waals surface area (Å²) in [5.74, 6) is 5.10. The number of carbonyl (C=O) groups is 1. The number of nitrogens with one attached hydrogen (secondary N) is 1. The lowest BCUT2D eigenvalue weighted by molar-refractivity contribution is 0.0691. The molecule has 0 bridgehead atoms. The SMILES string of the molecule is O=C(O)c1cc2ccc(C#CCCBr)cc2[nH]1.